The Bertz CT molecular complexity index is 413. The van der Waals surface area contributed by atoms with E-state index in [0.717, 1.165) is 9.53 Å². The first-order valence-electron chi connectivity index (χ1n) is 3.12. The minimum Gasteiger partial charge on any atom is -0.375 e. The van der Waals surface area contributed by atoms with Gasteiger partial charge in [-0.2, -0.15) is 0 Å². The molecule has 0 radical (unpaired) electrons. The van der Waals surface area contributed by atoms with E-state index in [0.29, 0.717) is 10.0 Å². The number of thiazole rings is 1. The van der Waals surface area contributed by atoms with E-state index in [-0.39, 0.29) is 0 Å². The van der Waals surface area contributed by atoms with Gasteiger partial charge in [0.1, 0.15) is 4.83 Å². The van der Waals surface area contributed by atoms with Crippen molar-refractivity contribution in [3.8, 4) is 0 Å². The van der Waals surface area contributed by atoms with E-state index in [1.807, 2.05) is 0 Å². The number of fused-ring (bicyclic) bond motifs is 1. The molecule has 0 saturated heterocycles. The highest BCUT2D eigenvalue weighted by atomic mass is 32.1. The van der Waals surface area contributed by atoms with Gasteiger partial charge in [-0.15, -0.1) is 11.3 Å². The summed E-state index contributed by atoms with van der Waals surface area (Å²) < 4.78 is 0.923. The number of nitrogen functional groups attached to an aromatic ring is 1. The molecule has 0 fully saturated rings. The largest absolute Gasteiger partial charge is 0.375 e. The van der Waals surface area contributed by atoms with Crippen LogP contribution in [0.5, 0.6) is 0 Å². The van der Waals surface area contributed by atoms with E-state index in [9.17, 15) is 4.79 Å². The molecule has 0 aliphatic carbocycles. The molecule has 4 nitrogen and oxygen atoms in total. The lowest BCUT2D eigenvalue weighted by Crippen LogP contribution is -2.08. The Morgan fingerprint density at radius 3 is 2.83 bits per heavy atom. The first-order chi connectivity index (χ1) is 5.66. The lowest BCUT2D eigenvalue weighted by Gasteiger charge is -1.82. The molecular formula is C6H5N3OS2. The number of carbonyl (C=O) groups is 1. The van der Waals surface area contributed by atoms with Crippen molar-refractivity contribution in [3.63, 3.8) is 0 Å². The van der Waals surface area contributed by atoms with Crippen LogP contribution in [-0.4, -0.2) is 10.9 Å². The van der Waals surface area contributed by atoms with Crippen LogP contribution in [0.3, 0.4) is 0 Å². The van der Waals surface area contributed by atoms with Crippen LogP contribution < -0.4 is 11.5 Å². The minimum absolute atomic E-state index is 0.413. The molecule has 2 aromatic heterocycles. The van der Waals surface area contributed by atoms with Crippen molar-refractivity contribution in [1.29, 1.82) is 0 Å². The average molecular weight is 199 g/mol. The molecule has 0 unspecified atom stereocenters. The summed E-state index contributed by atoms with van der Waals surface area (Å²) in [6.07, 6.45) is 0. The number of aromatic nitrogens is 1. The summed E-state index contributed by atoms with van der Waals surface area (Å²) >= 11 is 2.63. The van der Waals surface area contributed by atoms with Crippen LogP contribution in [0.1, 0.15) is 9.67 Å². The summed E-state index contributed by atoms with van der Waals surface area (Å²) in [7, 11) is 0. The third kappa shape index (κ3) is 1.05. The molecule has 12 heavy (non-hydrogen) atoms. The van der Waals surface area contributed by atoms with Gasteiger partial charge in [-0.05, 0) is 6.07 Å². The van der Waals surface area contributed by atoms with Crippen LogP contribution in [0.25, 0.3) is 9.53 Å². The van der Waals surface area contributed by atoms with Crippen LogP contribution in [-0.2, 0) is 0 Å². The van der Waals surface area contributed by atoms with Crippen molar-refractivity contribution in [1.82, 2.24) is 4.98 Å². The van der Waals surface area contributed by atoms with Gasteiger partial charge in [0.05, 0.1) is 9.58 Å². The Labute approximate surface area is 75.8 Å². The Balaban J connectivity index is 2.64. The van der Waals surface area contributed by atoms with Gasteiger partial charge in [-0.3, -0.25) is 4.79 Å². The minimum atomic E-state index is -0.413. The SMILES string of the molecule is NC(=O)c1cc2sc(N)nc2s1. The number of anilines is 1. The third-order valence-corrected chi connectivity index (χ3v) is 3.35. The zero-order valence-electron chi connectivity index (χ0n) is 5.90. The van der Waals surface area contributed by atoms with Crippen LogP contribution in [0, 0.1) is 0 Å². The number of hydrogen-bond donors (Lipinski definition) is 2. The monoisotopic (exact) mass is 199 g/mol. The average Bonchev–Trinajstić information content (AvgIpc) is 2.42. The van der Waals surface area contributed by atoms with Crippen LogP contribution in [0.2, 0.25) is 0 Å². The Kier molecular flexibility index (Phi) is 1.52. The predicted octanol–water partition coefficient (Wildman–Crippen LogP) is 1.04. The summed E-state index contributed by atoms with van der Waals surface area (Å²) in [5.41, 5.74) is 10.6. The number of nitrogens with zero attached hydrogens (tertiary/aromatic N) is 1. The number of hydrogen-bond acceptors (Lipinski definition) is 5. The van der Waals surface area contributed by atoms with Crippen LogP contribution in [0.15, 0.2) is 6.07 Å². The lowest BCUT2D eigenvalue weighted by molar-refractivity contribution is 0.100. The molecule has 0 aromatic carbocycles. The second kappa shape index (κ2) is 2.43. The molecule has 4 N–H and O–H groups in total. The van der Waals surface area contributed by atoms with Crippen molar-refractivity contribution in [2.45, 2.75) is 0 Å². The zero-order valence-corrected chi connectivity index (χ0v) is 7.54. The summed E-state index contributed by atoms with van der Waals surface area (Å²) in [5, 5.41) is 0.521. The van der Waals surface area contributed by atoms with E-state index in [4.69, 9.17) is 11.5 Å². The number of amides is 1. The summed E-state index contributed by atoms with van der Waals surface area (Å²) in [4.78, 5) is 16.1. The predicted molar refractivity (Wildman–Crippen MR) is 50.4 cm³/mol. The van der Waals surface area contributed by atoms with Gasteiger partial charge in [0.15, 0.2) is 5.13 Å². The molecule has 2 heterocycles. The maximum atomic E-state index is 10.7. The van der Waals surface area contributed by atoms with E-state index in [2.05, 4.69) is 4.98 Å². The molecule has 1 amide bonds. The van der Waals surface area contributed by atoms with Gasteiger partial charge in [-0.1, -0.05) is 11.3 Å². The fourth-order valence-electron chi connectivity index (χ4n) is 0.873. The molecule has 0 aliphatic heterocycles. The number of thiophene rings is 1. The number of primary amides is 1. The summed E-state index contributed by atoms with van der Waals surface area (Å²) in [6, 6.07) is 1.72. The smallest absolute Gasteiger partial charge is 0.258 e. The molecule has 0 aliphatic rings. The molecule has 0 atom stereocenters. The maximum Gasteiger partial charge on any atom is 0.258 e. The number of rotatable bonds is 1. The van der Waals surface area contributed by atoms with Crippen LogP contribution in [0.4, 0.5) is 5.13 Å². The Hall–Kier alpha value is -1.14. The Morgan fingerprint density at radius 2 is 2.25 bits per heavy atom. The highest BCUT2D eigenvalue weighted by Crippen LogP contribution is 2.30. The van der Waals surface area contributed by atoms with Gasteiger partial charge < -0.3 is 11.5 Å². The van der Waals surface area contributed by atoms with Crippen molar-refractivity contribution >= 4 is 43.2 Å². The molecule has 0 spiro atoms. The standard InChI is InChI=1S/C6H5N3OS2/c7-4(10)2-1-3-5(11-2)9-6(8)12-3/h1H,(H2,7,10)(H2,8,9). The maximum absolute atomic E-state index is 10.7. The van der Waals surface area contributed by atoms with E-state index in [1.54, 1.807) is 6.07 Å². The highest BCUT2D eigenvalue weighted by molar-refractivity contribution is 7.29. The highest BCUT2D eigenvalue weighted by Gasteiger charge is 2.09. The van der Waals surface area contributed by atoms with Gasteiger partial charge in [0.2, 0.25) is 0 Å². The Morgan fingerprint density at radius 1 is 1.50 bits per heavy atom. The van der Waals surface area contributed by atoms with E-state index < -0.39 is 5.91 Å². The fraction of sp³-hybridized carbons (Fsp3) is 0. The van der Waals surface area contributed by atoms with Gasteiger partial charge in [0.25, 0.3) is 5.91 Å². The number of nitrogens with two attached hydrogens (primary N) is 2. The van der Waals surface area contributed by atoms with Gasteiger partial charge in [0, 0.05) is 0 Å². The molecule has 2 rings (SSSR count). The number of carbonyl (C=O) groups excluding carboxylic acids is 1. The normalized spacial score (nSPS) is 10.7. The first-order valence-corrected chi connectivity index (χ1v) is 4.76. The quantitative estimate of drug-likeness (QED) is 0.719. The molecule has 0 saturated carbocycles. The zero-order chi connectivity index (χ0) is 8.72. The van der Waals surface area contributed by atoms with E-state index in [1.165, 1.54) is 22.7 Å². The third-order valence-electron chi connectivity index (χ3n) is 1.35. The van der Waals surface area contributed by atoms with Crippen molar-refractivity contribution < 1.29 is 4.79 Å². The fourth-order valence-corrected chi connectivity index (χ4v) is 2.72. The van der Waals surface area contributed by atoms with Crippen molar-refractivity contribution in [2.24, 2.45) is 5.73 Å². The van der Waals surface area contributed by atoms with Crippen LogP contribution >= 0.6 is 22.7 Å². The van der Waals surface area contributed by atoms with Gasteiger partial charge in [-0.25, -0.2) is 4.98 Å². The second-order valence-electron chi connectivity index (χ2n) is 2.20. The summed E-state index contributed by atoms with van der Waals surface area (Å²) in [6.45, 7) is 0. The molecule has 6 heteroatoms. The lowest BCUT2D eigenvalue weighted by atomic mass is 10.4. The van der Waals surface area contributed by atoms with Crippen molar-refractivity contribution in [3.05, 3.63) is 10.9 Å². The first kappa shape index (κ1) is 7.51. The topological polar surface area (TPSA) is 82.0 Å². The van der Waals surface area contributed by atoms with E-state index >= 15 is 0 Å². The van der Waals surface area contributed by atoms with Gasteiger partial charge >= 0.3 is 0 Å². The molecule has 2 aromatic rings. The second-order valence-corrected chi connectivity index (χ2v) is 4.29. The molecule has 62 valence electrons. The summed E-state index contributed by atoms with van der Waals surface area (Å²) in [5.74, 6) is -0.413. The van der Waals surface area contributed by atoms with Crippen molar-refractivity contribution in [2.75, 3.05) is 5.73 Å². The molecule has 0 bridgehead atoms. The molecular weight excluding hydrogens is 194 g/mol.